The van der Waals surface area contributed by atoms with Gasteiger partial charge in [-0.3, -0.25) is 5.10 Å². The summed E-state index contributed by atoms with van der Waals surface area (Å²) in [7, 11) is 0. The van der Waals surface area contributed by atoms with E-state index in [0.717, 1.165) is 13.0 Å². The van der Waals surface area contributed by atoms with Gasteiger partial charge in [0, 0.05) is 6.04 Å². The van der Waals surface area contributed by atoms with E-state index in [9.17, 15) is 0 Å². The van der Waals surface area contributed by atoms with Crippen molar-refractivity contribution in [1.29, 1.82) is 0 Å². The summed E-state index contributed by atoms with van der Waals surface area (Å²) in [5.74, 6) is 0. The number of hydrogen-bond acceptors (Lipinski definition) is 2. The summed E-state index contributed by atoms with van der Waals surface area (Å²) in [6.45, 7) is 3.32. The Labute approximate surface area is 78.9 Å². The Bertz CT molecular complexity index is 261. The van der Waals surface area contributed by atoms with Crippen LogP contribution in [0.15, 0.2) is 6.20 Å². The van der Waals surface area contributed by atoms with Crippen molar-refractivity contribution in [3.05, 3.63) is 17.5 Å². The van der Waals surface area contributed by atoms with E-state index in [1.54, 1.807) is 0 Å². The van der Waals surface area contributed by atoms with E-state index in [0.29, 0.717) is 6.04 Å². The Balaban J connectivity index is 2.13. The molecule has 1 fully saturated rings. The summed E-state index contributed by atoms with van der Waals surface area (Å²) in [5.41, 5.74) is 2.67. The van der Waals surface area contributed by atoms with Gasteiger partial charge in [-0.05, 0) is 31.4 Å². The molecule has 1 aromatic heterocycles. The lowest BCUT2D eigenvalue weighted by Gasteiger charge is -2.23. The van der Waals surface area contributed by atoms with E-state index in [4.69, 9.17) is 0 Å². The molecule has 1 saturated heterocycles. The number of aryl methyl sites for hydroxylation is 1. The number of hydrogen-bond donors (Lipinski definition) is 2. The Morgan fingerprint density at radius 3 is 3.15 bits per heavy atom. The number of rotatable bonds is 2. The topological polar surface area (TPSA) is 40.7 Å². The highest BCUT2D eigenvalue weighted by Gasteiger charge is 2.18. The fourth-order valence-corrected chi connectivity index (χ4v) is 2.00. The van der Waals surface area contributed by atoms with Crippen LogP contribution in [0.3, 0.4) is 0 Å². The fraction of sp³-hybridized carbons (Fsp3) is 0.700. The van der Waals surface area contributed by atoms with Crippen LogP contribution in [-0.4, -0.2) is 16.7 Å². The number of nitrogens with one attached hydrogen (secondary N) is 2. The lowest BCUT2D eigenvalue weighted by molar-refractivity contribution is 0.403. The Morgan fingerprint density at radius 2 is 2.46 bits per heavy atom. The third-order valence-corrected chi connectivity index (χ3v) is 2.79. The van der Waals surface area contributed by atoms with Crippen LogP contribution < -0.4 is 5.32 Å². The van der Waals surface area contributed by atoms with Crippen LogP contribution in [0.2, 0.25) is 0 Å². The van der Waals surface area contributed by atoms with E-state index < -0.39 is 0 Å². The molecule has 0 aliphatic carbocycles. The van der Waals surface area contributed by atoms with Crippen molar-refractivity contribution < 1.29 is 0 Å². The standard InChI is InChI=1S/C10H17N3/c1-2-8-7-12-13-10(8)9-5-3-4-6-11-9/h7,9,11H,2-6H2,1H3,(H,12,13). The van der Waals surface area contributed by atoms with Crippen molar-refractivity contribution in [2.24, 2.45) is 0 Å². The molecule has 1 aliphatic rings. The molecule has 1 aliphatic heterocycles. The first-order chi connectivity index (χ1) is 6.42. The van der Waals surface area contributed by atoms with Crippen LogP contribution in [-0.2, 0) is 6.42 Å². The van der Waals surface area contributed by atoms with Gasteiger partial charge >= 0.3 is 0 Å². The summed E-state index contributed by atoms with van der Waals surface area (Å²) < 4.78 is 0. The lowest BCUT2D eigenvalue weighted by atomic mass is 9.99. The molecule has 0 aromatic carbocycles. The summed E-state index contributed by atoms with van der Waals surface area (Å²) in [5, 5.41) is 10.7. The lowest BCUT2D eigenvalue weighted by Crippen LogP contribution is -2.27. The van der Waals surface area contributed by atoms with Gasteiger partial charge in [-0.25, -0.2) is 0 Å². The molecular formula is C10H17N3. The molecule has 72 valence electrons. The van der Waals surface area contributed by atoms with Crippen LogP contribution in [0.4, 0.5) is 0 Å². The Morgan fingerprint density at radius 1 is 1.54 bits per heavy atom. The van der Waals surface area contributed by atoms with Gasteiger partial charge in [0.05, 0.1) is 11.9 Å². The molecule has 1 atom stereocenters. The second kappa shape index (κ2) is 3.92. The predicted octanol–water partition coefficient (Wildman–Crippen LogP) is 1.79. The summed E-state index contributed by atoms with van der Waals surface area (Å²) in [6, 6.07) is 0.520. The zero-order valence-corrected chi connectivity index (χ0v) is 8.14. The minimum absolute atomic E-state index is 0.520. The van der Waals surface area contributed by atoms with E-state index in [1.807, 2.05) is 6.20 Å². The number of piperidine rings is 1. The average molecular weight is 179 g/mol. The smallest absolute Gasteiger partial charge is 0.0553 e. The molecule has 0 bridgehead atoms. The third-order valence-electron chi connectivity index (χ3n) is 2.79. The van der Waals surface area contributed by atoms with Crippen molar-refractivity contribution in [1.82, 2.24) is 15.5 Å². The monoisotopic (exact) mass is 179 g/mol. The average Bonchev–Trinajstić information content (AvgIpc) is 2.67. The first-order valence-corrected chi connectivity index (χ1v) is 5.17. The van der Waals surface area contributed by atoms with Crippen LogP contribution in [0, 0.1) is 0 Å². The molecule has 2 heterocycles. The number of H-pyrrole nitrogens is 1. The summed E-state index contributed by atoms with van der Waals surface area (Å²) in [6.07, 6.45) is 6.91. The molecule has 1 unspecified atom stereocenters. The predicted molar refractivity (Wildman–Crippen MR) is 52.6 cm³/mol. The molecule has 2 rings (SSSR count). The highest BCUT2D eigenvalue weighted by molar-refractivity contribution is 5.20. The second-order valence-electron chi connectivity index (χ2n) is 3.66. The van der Waals surface area contributed by atoms with Crippen molar-refractivity contribution >= 4 is 0 Å². The first kappa shape index (κ1) is 8.75. The van der Waals surface area contributed by atoms with Crippen molar-refractivity contribution in [2.45, 2.75) is 38.6 Å². The normalized spacial score (nSPS) is 23.3. The Kier molecular flexibility index (Phi) is 2.64. The first-order valence-electron chi connectivity index (χ1n) is 5.17. The number of aromatic amines is 1. The van der Waals surface area contributed by atoms with Gasteiger partial charge < -0.3 is 5.32 Å². The molecule has 0 spiro atoms. The fourth-order valence-electron chi connectivity index (χ4n) is 2.00. The number of nitrogens with zero attached hydrogens (tertiary/aromatic N) is 1. The minimum Gasteiger partial charge on any atom is -0.309 e. The van der Waals surface area contributed by atoms with E-state index in [1.165, 1.54) is 30.5 Å². The van der Waals surface area contributed by atoms with Gasteiger partial charge in [-0.15, -0.1) is 0 Å². The Hall–Kier alpha value is -0.830. The molecule has 3 nitrogen and oxygen atoms in total. The summed E-state index contributed by atoms with van der Waals surface area (Å²) in [4.78, 5) is 0. The van der Waals surface area contributed by atoms with Crippen LogP contribution in [0.25, 0.3) is 0 Å². The molecule has 0 saturated carbocycles. The maximum atomic E-state index is 4.10. The zero-order valence-electron chi connectivity index (χ0n) is 8.14. The quantitative estimate of drug-likeness (QED) is 0.726. The van der Waals surface area contributed by atoms with Crippen LogP contribution in [0.1, 0.15) is 43.5 Å². The zero-order chi connectivity index (χ0) is 9.10. The van der Waals surface area contributed by atoms with Crippen LogP contribution >= 0.6 is 0 Å². The van der Waals surface area contributed by atoms with Gasteiger partial charge in [-0.1, -0.05) is 13.3 Å². The van der Waals surface area contributed by atoms with Gasteiger partial charge in [0.1, 0.15) is 0 Å². The van der Waals surface area contributed by atoms with Gasteiger partial charge in [0.15, 0.2) is 0 Å². The van der Waals surface area contributed by atoms with Gasteiger partial charge in [0.2, 0.25) is 0 Å². The molecule has 0 radical (unpaired) electrons. The van der Waals surface area contributed by atoms with Crippen molar-refractivity contribution in [3.8, 4) is 0 Å². The molecule has 0 amide bonds. The molecule has 1 aromatic rings. The van der Waals surface area contributed by atoms with Gasteiger partial charge in [0.25, 0.3) is 0 Å². The summed E-state index contributed by atoms with van der Waals surface area (Å²) >= 11 is 0. The molecule has 3 heteroatoms. The number of aromatic nitrogens is 2. The molecule has 2 N–H and O–H groups in total. The van der Waals surface area contributed by atoms with Gasteiger partial charge in [-0.2, -0.15) is 5.10 Å². The van der Waals surface area contributed by atoms with E-state index >= 15 is 0 Å². The highest BCUT2D eigenvalue weighted by atomic mass is 15.1. The largest absolute Gasteiger partial charge is 0.309 e. The molecular weight excluding hydrogens is 162 g/mol. The SMILES string of the molecule is CCc1cn[nH]c1C1CCCCN1. The van der Waals surface area contributed by atoms with Crippen LogP contribution in [0.5, 0.6) is 0 Å². The second-order valence-corrected chi connectivity index (χ2v) is 3.66. The molecule has 13 heavy (non-hydrogen) atoms. The van der Waals surface area contributed by atoms with E-state index in [2.05, 4.69) is 22.4 Å². The maximum Gasteiger partial charge on any atom is 0.0553 e. The minimum atomic E-state index is 0.520. The van der Waals surface area contributed by atoms with E-state index in [-0.39, 0.29) is 0 Å². The maximum absolute atomic E-state index is 4.10. The highest BCUT2D eigenvalue weighted by Crippen LogP contribution is 2.23. The van der Waals surface area contributed by atoms with Crippen molar-refractivity contribution in [2.75, 3.05) is 6.54 Å². The third kappa shape index (κ3) is 1.75. The van der Waals surface area contributed by atoms with Crippen molar-refractivity contribution in [3.63, 3.8) is 0 Å².